The van der Waals surface area contributed by atoms with Crippen LogP contribution >= 0.6 is 0 Å². The molecule has 0 aromatic heterocycles. The highest BCUT2D eigenvalue weighted by Gasteiger charge is 2.11. The molecular weight excluding hydrogens is 200 g/mol. The van der Waals surface area contributed by atoms with E-state index < -0.39 is 0 Å². The van der Waals surface area contributed by atoms with Gasteiger partial charge in [0.1, 0.15) is 0 Å². The molecule has 0 saturated heterocycles. The molecule has 0 heterocycles. The van der Waals surface area contributed by atoms with Crippen molar-refractivity contribution in [2.45, 2.75) is 27.9 Å². The molecule has 1 aromatic rings. The molecular formula is C14H24O2. The maximum atomic E-state index is 9.11. The van der Waals surface area contributed by atoms with Gasteiger partial charge < -0.3 is 9.84 Å². The van der Waals surface area contributed by atoms with E-state index >= 15 is 0 Å². The molecule has 1 rings (SSSR count). The first-order valence-electron chi connectivity index (χ1n) is 5.46. The van der Waals surface area contributed by atoms with Crippen molar-refractivity contribution in [2.24, 2.45) is 11.8 Å². The number of benzene rings is 1. The van der Waals surface area contributed by atoms with Crippen molar-refractivity contribution in [3.63, 3.8) is 0 Å². The molecule has 0 aliphatic rings. The highest BCUT2D eigenvalue weighted by atomic mass is 16.5. The molecule has 0 aliphatic carbocycles. The zero-order valence-electron chi connectivity index (χ0n) is 9.52. The number of aliphatic hydroxyl groups excluding tert-OH is 1. The second-order valence-electron chi connectivity index (χ2n) is 4.19. The normalized spacial score (nSPS) is 12.2. The molecule has 2 nitrogen and oxygen atoms in total. The van der Waals surface area contributed by atoms with Crippen LogP contribution in [0.1, 0.15) is 26.8 Å². The van der Waals surface area contributed by atoms with Crippen LogP contribution in [0.3, 0.4) is 0 Å². The van der Waals surface area contributed by atoms with Gasteiger partial charge in [0.25, 0.3) is 0 Å². The van der Waals surface area contributed by atoms with Crippen LogP contribution in [-0.2, 0) is 11.3 Å². The molecule has 0 fully saturated rings. The topological polar surface area (TPSA) is 29.5 Å². The first-order chi connectivity index (χ1) is 7.24. The zero-order valence-corrected chi connectivity index (χ0v) is 9.52. The van der Waals surface area contributed by atoms with Crippen molar-refractivity contribution < 1.29 is 9.84 Å². The molecule has 0 aliphatic heterocycles. The third kappa shape index (κ3) is 5.29. The van der Waals surface area contributed by atoms with E-state index in [1.807, 2.05) is 30.3 Å². The highest BCUT2D eigenvalue weighted by molar-refractivity contribution is 5.13. The zero-order chi connectivity index (χ0) is 11.1. The highest BCUT2D eigenvalue weighted by Crippen LogP contribution is 2.11. The second-order valence-corrected chi connectivity index (χ2v) is 4.19. The van der Waals surface area contributed by atoms with Crippen molar-refractivity contribution in [2.75, 3.05) is 13.2 Å². The van der Waals surface area contributed by atoms with E-state index in [0.717, 1.165) is 0 Å². The predicted molar refractivity (Wildman–Crippen MR) is 68.2 cm³/mol. The number of ether oxygens (including phenoxy) is 1. The molecule has 0 saturated carbocycles. The van der Waals surface area contributed by atoms with Crippen molar-refractivity contribution >= 4 is 0 Å². The van der Waals surface area contributed by atoms with Gasteiger partial charge in [0.05, 0.1) is 13.2 Å². The minimum Gasteiger partial charge on any atom is -0.396 e. The van der Waals surface area contributed by atoms with Crippen LogP contribution in [0, 0.1) is 11.8 Å². The molecule has 0 spiro atoms. The van der Waals surface area contributed by atoms with Gasteiger partial charge in [-0.2, -0.15) is 0 Å². The lowest BCUT2D eigenvalue weighted by atomic mass is 9.98. The average Bonchev–Trinajstić information content (AvgIpc) is 2.25. The molecule has 92 valence electrons. The lowest BCUT2D eigenvalue weighted by Crippen LogP contribution is -2.19. The van der Waals surface area contributed by atoms with Gasteiger partial charge in [0.2, 0.25) is 0 Å². The molecule has 1 atom stereocenters. The summed E-state index contributed by atoms with van der Waals surface area (Å²) in [5.74, 6) is 0.708. The molecule has 1 aromatic carbocycles. The summed E-state index contributed by atoms with van der Waals surface area (Å²) >= 11 is 0. The van der Waals surface area contributed by atoms with Gasteiger partial charge in [-0.25, -0.2) is 0 Å². The summed E-state index contributed by atoms with van der Waals surface area (Å²) in [4.78, 5) is 0. The monoisotopic (exact) mass is 224 g/mol. The second kappa shape index (κ2) is 8.31. The van der Waals surface area contributed by atoms with Crippen molar-refractivity contribution in [1.82, 2.24) is 0 Å². The maximum absolute atomic E-state index is 9.11. The van der Waals surface area contributed by atoms with Crippen LogP contribution in [0.25, 0.3) is 0 Å². The standard InChI is InChI=1S/C13H20O2.CH4/c1-11(2)13(8-14)10-15-9-12-6-4-3-5-7-12;/h3-7,11,13-14H,8-10H2,1-2H3;1H4. The largest absolute Gasteiger partial charge is 0.396 e. The summed E-state index contributed by atoms with van der Waals surface area (Å²) in [6, 6.07) is 10.1. The Morgan fingerprint density at radius 1 is 1.19 bits per heavy atom. The molecule has 1 unspecified atom stereocenters. The smallest absolute Gasteiger partial charge is 0.0717 e. The van der Waals surface area contributed by atoms with E-state index in [4.69, 9.17) is 9.84 Å². The Hall–Kier alpha value is -0.860. The Kier molecular flexibility index (Phi) is 7.86. The molecule has 0 amide bonds. The van der Waals surface area contributed by atoms with E-state index in [1.54, 1.807) is 0 Å². The summed E-state index contributed by atoms with van der Waals surface area (Å²) in [6.45, 7) is 5.67. The third-order valence-electron chi connectivity index (χ3n) is 2.62. The van der Waals surface area contributed by atoms with Crippen molar-refractivity contribution in [1.29, 1.82) is 0 Å². The lowest BCUT2D eigenvalue weighted by Gasteiger charge is -2.17. The summed E-state index contributed by atoms with van der Waals surface area (Å²) < 4.78 is 5.57. The van der Waals surface area contributed by atoms with Crippen LogP contribution in [0.15, 0.2) is 30.3 Å². The van der Waals surface area contributed by atoms with E-state index in [-0.39, 0.29) is 20.0 Å². The van der Waals surface area contributed by atoms with E-state index in [9.17, 15) is 0 Å². The van der Waals surface area contributed by atoms with Gasteiger partial charge in [0.15, 0.2) is 0 Å². The maximum Gasteiger partial charge on any atom is 0.0717 e. The summed E-state index contributed by atoms with van der Waals surface area (Å²) in [5.41, 5.74) is 1.18. The Morgan fingerprint density at radius 3 is 2.31 bits per heavy atom. The van der Waals surface area contributed by atoms with Crippen LogP contribution in [0.4, 0.5) is 0 Å². The Labute approximate surface area is 99.3 Å². The van der Waals surface area contributed by atoms with Crippen molar-refractivity contribution in [3.8, 4) is 0 Å². The molecule has 2 heteroatoms. The summed E-state index contributed by atoms with van der Waals surface area (Å²) in [5, 5.41) is 9.11. The van der Waals surface area contributed by atoms with Gasteiger partial charge in [0, 0.05) is 12.5 Å². The number of hydrogen-bond donors (Lipinski definition) is 1. The fourth-order valence-corrected chi connectivity index (χ4v) is 1.36. The van der Waals surface area contributed by atoms with Gasteiger partial charge in [-0.3, -0.25) is 0 Å². The Balaban J connectivity index is 0.00000225. The minimum atomic E-state index is 0. The van der Waals surface area contributed by atoms with Crippen LogP contribution < -0.4 is 0 Å². The molecule has 0 radical (unpaired) electrons. The number of aliphatic hydroxyl groups is 1. The lowest BCUT2D eigenvalue weighted by molar-refractivity contribution is 0.0448. The average molecular weight is 224 g/mol. The van der Waals surface area contributed by atoms with Crippen molar-refractivity contribution in [3.05, 3.63) is 35.9 Å². The van der Waals surface area contributed by atoms with E-state index in [2.05, 4.69) is 13.8 Å². The van der Waals surface area contributed by atoms with Crippen LogP contribution in [0.5, 0.6) is 0 Å². The Bertz CT molecular complexity index is 257. The molecule has 16 heavy (non-hydrogen) atoms. The van der Waals surface area contributed by atoms with Gasteiger partial charge in [-0.05, 0) is 11.5 Å². The first-order valence-corrected chi connectivity index (χ1v) is 5.46. The Morgan fingerprint density at radius 2 is 1.81 bits per heavy atom. The molecule has 0 bridgehead atoms. The van der Waals surface area contributed by atoms with Gasteiger partial charge in [-0.15, -0.1) is 0 Å². The SMILES string of the molecule is C.CC(C)C(CO)COCc1ccccc1. The van der Waals surface area contributed by atoms with E-state index in [1.165, 1.54) is 5.56 Å². The first kappa shape index (κ1) is 15.1. The minimum absolute atomic E-state index is 0. The summed E-state index contributed by atoms with van der Waals surface area (Å²) in [7, 11) is 0. The fraction of sp³-hybridized carbons (Fsp3) is 0.571. The number of rotatable bonds is 6. The van der Waals surface area contributed by atoms with Gasteiger partial charge in [-0.1, -0.05) is 51.6 Å². The quantitative estimate of drug-likeness (QED) is 0.804. The number of hydrogen-bond acceptors (Lipinski definition) is 2. The molecule has 1 N–H and O–H groups in total. The third-order valence-corrected chi connectivity index (χ3v) is 2.62. The van der Waals surface area contributed by atoms with Crippen LogP contribution in [0.2, 0.25) is 0 Å². The fourth-order valence-electron chi connectivity index (χ4n) is 1.36. The van der Waals surface area contributed by atoms with Gasteiger partial charge >= 0.3 is 0 Å². The van der Waals surface area contributed by atoms with Crippen LogP contribution in [-0.4, -0.2) is 18.3 Å². The summed E-state index contributed by atoms with van der Waals surface area (Å²) in [6.07, 6.45) is 0. The van der Waals surface area contributed by atoms with E-state index in [0.29, 0.717) is 19.1 Å². The predicted octanol–water partition coefficient (Wildman–Crippen LogP) is 3.10.